The average molecular weight is 339 g/mol. The highest BCUT2D eigenvalue weighted by molar-refractivity contribution is 5.99. The van der Waals surface area contributed by atoms with Gasteiger partial charge in [0.1, 0.15) is 5.69 Å². The van der Waals surface area contributed by atoms with Gasteiger partial charge in [-0.05, 0) is 12.5 Å². The zero-order valence-electron chi connectivity index (χ0n) is 14.6. The molecule has 2 aromatic heterocycles. The molecule has 1 aromatic carbocycles. The van der Waals surface area contributed by atoms with Crippen LogP contribution in [0.5, 0.6) is 0 Å². The summed E-state index contributed by atoms with van der Waals surface area (Å²) < 4.78 is 7.34. The highest BCUT2D eigenvalue weighted by Crippen LogP contribution is 2.22. The van der Waals surface area contributed by atoms with Crippen LogP contribution in [-0.2, 0) is 11.3 Å². The Hall–Kier alpha value is -3.02. The third kappa shape index (κ3) is 3.57. The zero-order chi connectivity index (χ0) is 18.0. The van der Waals surface area contributed by atoms with Crippen molar-refractivity contribution in [3.8, 4) is 0 Å². The topological polar surface area (TPSA) is 67.5 Å². The molecule has 0 radical (unpaired) electrons. The van der Waals surface area contributed by atoms with Crippen LogP contribution in [0.25, 0.3) is 11.1 Å². The molecule has 0 saturated heterocycles. The zero-order valence-corrected chi connectivity index (χ0v) is 14.6. The van der Waals surface area contributed by atoms with Crippen LogP contribution in [0, 0.1) is 6.92 Å². The van der Waals surface area contributed by atoms with Gasteiger partial charge < -0.3 is 19.2 Å². The Kier molecular flexibility index (Phi) is 4.61. The highest BCUT2D eigenvalue weighted by Gasteiger charge is 2.18. The van der Waals surface area contributed by atoms with E-state index >= 15 is 0 Å². The number of benzene rings is 1. The van der Waals surface area contributed by atoms with Gasteiger partial charge in [-0.15, -0.1) is 0 Å². The lowest BCUT2D eigenvalue weighted by Crippen LogP contribution is -2.37. The second kappa shape index (κ2) is 6.84. The molecule has 3 aromatic rings. The Balaban J connectivity index is 1.87. The van der Waals surface area contributed by atoms with Crippen LogP contribution < -0.4 is 5.32 Å². The number of likely N-dealkylation sites (N-methyl/N-ethyl adjacent to an activating group) is 1. The lowest BCUT2D eigenvalue weighted by atomic mass is 10.1. The van der Waals surface area contributed by atoms with Gasteiger partial charge in [0.15, 0.2) is 5.58 Å². The maximum atomic E-state index is 12.6. The number of aryl methyl sites for hydroxylation is 1. The SMILES string of the molecule is Cc1ccc(Cn2c(C(=O)NCC(=O)N(C)C)cc3occc32)cc1. The molecule has 6 heteroatoms. The van der Waals surface area contributed by atoms with Gasteiger partial charge in [-0.1, -0.05) is 29.8 Å². The molecule has 0 fully saturated rings. The molecule has 1 N–H and O–H groups in total. The van der Waals surface area contributed by atoms with Crippen molar-refractivity contribution in [2.45, 2.75) is 13.5 Å². The molecular formula is C19H21N3O3. The molecule has 6 nitrogen and oxygen atoms in total. The smallest absolute Gasteiger partial charge is 0.268 e. The first kappa shape index (κ1) is 16.8. The van der Waals surface area contributed by atoms with Crippen LogP contribution in [0.15, 0.2) is 47.1 Å². The first-order valence-corrected chi connectivity index (χ1v) is 8.06. The number of rotatable bonds is 5. The highest BCUT2D eigenvalue weighted by atomic mass is 16.3. The van der Waals surface area contributed by atoms with Gasteiger partial charge in [0.2, 0.25) is 5.91 Å². The van der Waals surface area contributed by atoms with Gasteiger partial charge in [-0.3, -0.25) is 9.59 Å². The first-order valence-electron chi connectivity index (χ1n) is 8.06. The van der Waals surface area contributed by atoms with E-state index in [2.05, 4.69) is 5.32 Å². The van der Waals surface area contributed by atoms with Gasteiger partial charge >= 0.3 is 0 Å². The van der Waals surface area contributed by atoms with E-state index in [-0.39, 0.29) is 18.4 Å². The molecule has 0 aliphatic rings. The largest absolute Gasteiger partial charge is 0.463 e. The molecule has 0 aliphatic carbocycles. The van der Waals surface area contributed by atoms with E-state index in [0.29, 0.717) is 17.8 Å². The fourth-order valence-electron chi connectivity index (χ4n) is 2.62. The molecule has 2 heterocycles. The number of carbonyl (C=O) groups is 2. The number of nitrogens with one attached hydrogen (secondary N) is 1. The summed E-state index contributed by atoms with van der Waals surface area (Å²) in [6.07, 6.45) is 1.60. The minimum absolute atomic E-state index is 0.0388. The number of fused-ring (bicyclic) bond motifs is 1. The van der Waals surface area contributed by atoms with Crippen molar-refractivity contribution in [1.82, 2.24) is 14.8 Å². The Bertz CT molecular complexity index is 904. The molecule has 0 aliphatic heterocycles. The summed E-state index contributed by atoms with van der Waals surface area (Å²) in [5.74, 6) is -0.456. The second-order valence-electron chi connectivity index (χ2n) is 6.24. The third-order valence-corrected chi connectivity index (χ3v) is 4.12. The Morgan fingerprint density at radius 3 is 2.56 bits per heavy atom. The van der Waals surface area contributed by atoms with E-state index in [1.54, 1.807) is 26.4 Å². The van der Waals surface area contributed by atoms with Crippen LogP contribution >= 0.6 is 0 Å². The second-order valence-corrected chi connectivity index (χ2v) is 6.24. The molecule has 25 heavy (non-hydrogen) atoms. The van der Waals surface area contributed by atoms with Gasteiger partial charge in [-0.25, -0.2) is 0 Å². The molecule has 0 saturated carbocycles. The number of carbonyl (C=O) groups excluding carboxylic acids is 2. The summed E-state index contributed by atoms with van der Waals surface area (Å²) >= 11 is 0. The number of furan rings is 1. The van der Waals surface area contributed by atoms with Gasteiger partial charge in [0, 0.05) is 32.8 Å². The van der Waals surface area contributed by atoms with Crippen molar-refractivity contribution >= 4 is 22.9 Å². The minimum atomic E-state index is -0.297. The van der Waals surface area contributed by atoms with E-state index in [4.69, 9.17) is 4.42 Å². The fraction of sp³-hybridized carbons (Fsp3) is 0.263. The lowest BCUT2D eigenvalue weighted by molar-refractivity contribution is -0.127. The predicted molar refractivity (Wildman–Crippen MR) is 95.5 cm³/mol. The number of hydrogen-bond acceptors (Lipinski definition) is 3. The summed E-state index contributed by atoms with van der Waals surface area (Å²) in [5.41, 5.74) is 4.25. The Morgan fingerprint density at radius 1 is 1.16 bits per heavy atom. The van der Waals surface area contributed by atoms with Crippen LogP contribution in [0.1, 0.15) is 21.6 Å². The van der Waals surface area contributed by atoms with Gasteiger partial charge in [0.25, 0.3) is 5.91 Å². The van der Waals surface area contributed by atoms with Crippen molar-refractivity contribution in [2.24, 2.45) is 0 Å². The summed E-state index contributed by atoms with van der Waals surface area (Å²) in [6, 6.07) is 11.7. The molecule has 0 bridgehead atoms. The van der Waals surface area contributed by atoms with Crippen LogP contribution in [0.2, 0.25) is 0 Å². The number of aromatic nitrogens is 1. The van der Waals surface area contributed by atoms with Crippen molar-refractivity contribution in [1.29, 1.82) is 0 Å². The predicted octanol–water partition coefficient (Wildman–Crippen LogP) is 2.41. The van der Waals surface area contributed by atoms with Crippen LogP contribution in [0.3, 0.4) is 0 Å². The average Bonchev–Trinajstić information content (AvgIpc) is 3.16. The van der Waals surface area contributed by atoms with Crippen LogP contribution in [-0.4, -0.2) is 41.9 Å². The van der Waals surface area contributed by atoms with Crippen molar-refractivity contribution in [3.05, 3.63) is 59.5 Å². The third-order valence-electron chi connectivity index (χ3n) is 4.12. The minimum Gasteiger partial charge on any atom is -0.463 e. The maximum Gasteiger partial charge on any atom is 0.268 e. The Labute approximate surface area is 146 Å². The monoisotopic (exact) mass is 339 g/mol. The molecule has 2 amide bonds. The number of nitrogens with zero attached hydrogens (tertiary/aromatic N) is 2. The lowest BCUT2D eigenvalue weighted by Gasteiger charge is -2.13. The molecule has 0 atom stereocenters. The molecule has 0 unspecified atom stereocenters. The summed E-state index contributed by atoms with van der Waals surface area (Å²) in [5, 5.41) is 2.67. The standard InChI is InChI=1S/C19H21N3O3/c1-13-4-6-14(7-5-13)12-22-15-8-9-25-17(15)10-16(22)19(24)20-11-18(23)21(2)3/h4-10H,11-12H2,1-3H3,(H,20,24). The van der Waals surface area contributed by atoms with E-state index in [9.17, 15) is 9.59 Å². The van der Waals surface area contributed by atoms with Crippen molar-refractivity contribution < 1.29 is 14.0 Å². The van der Waals surface area contributed by atoms with Gasteiger partial charge in [0.05, 0.1) is 18.3 Å². The van der Waals surface area contributed by atoms with Crippen molar-refractivity contribution in [2.75, 3.05) is 20.6 Å². The normalized spacial score (nSPS) is 10.8. The quantitative estimate of drug-likeness (QED) is 0.776. The molecule has 130 valence electrons. The molecule has 0 spiro atoms. The number of hydrogen-bond donors (Lipinski definition) is 1. The van der Waals surface area contributed by atoms with Crippen LogP contribution in [0.4, 0.5) is 0 Å². The summed E-state index contributed by atoms with van der Waals surface area (Å²) in [6.45, 7) is 2.55. The van der Waals surface area contributed by atoms with Gasteiger partial charge in [-0.2, -0.15) is 0 Å². The van der Waals surface area contributed by atoms with E-state index in [1.807, 2.05) is 41.8 Å². The molecular weight excluding hydrogens is 318 g/mol. The fourth-order valence-corrected chi connectivity index (χ4v) is 2.62. The Morgan fingerprint density at radius 2 is 1.88 bits per heavy atom. The summed E-state index contributed by atoms with van der Waals surface area (Å²) in [4.78, 5) is 25.7. The van der Waals surface area contributed by atoms with Crippen molar-refractivity contribution in [3.63, 3.8) is 0 Å². The van der Waals surface area contributed by atoms with E-state index in [0.717, 1.165) is 11.1 Å². The maximum absolute atomic E-state index is 12.6. The number of amides is 2. The van der Waals surface area contributed by atoms with E-state index < -0.39 is 0 Å². The first-order chi connectivity index (χ1) is 12.0. The van der Waals surface area contributed by atoms with E-state index in [1.165, 1.54) is 10.5 Å². The summed E-state index contributed by atoms with van der Waals surface area (Å²) in [7, 11) is 3.31. The molecule has 3 rings (SSSR count).